The number of oxime groups is 1. The summed E-state index contributed by atoms with van der Waals surface area (Å²) in [6, 6.07) is 1.59. The summed E-state index contributed by atoms with van der Waals surface area (Å²) in [6.07, 6.45) is 3.53. The highest BCUT2D eigenvalue weighted by atomic mass is 35.5. The maximum atomic E-state index is 8.49. The molecule has 1 aromatic rings. The Morgan fingerprint density at radius 3 is 3.00 bits per heavy atom. The Bertz CT molecular complexity index is 382. The molecular formula is C10H14ClN3O2. The number of rotatable bonds is 5. The molecule has 6 heteroatoms. The van der Waals surface area contributed by atoms with E-state index in [9.17, 15) is 0 Å². The molecule has 0 fully saturated rings. The summed E-state index contributed by atoms with van der Waals surface area (Å²) in [6.45, 7) is 2.70. The first kappa shape index (κ1) is 12.6. The van der Waals surface area contributed by atoms with E-state index in [-0.39, 0.29) is 11.5 Å². The Morgan fingerprint density at radius 2 is 2.44 bits per heavy atom. The van der Waals surface area contributed by atoms with E-state index in [1.165, 1.54) is 6.20 Å². The summed E-state index contributed by atoms with van der Waals surface area (Å²) in [7, 11) is 0. The average Bonchev–Trinajstić information content (AvgIpc) is 2.29. The van der Waals surface area contributed by atoms with Crippen molar-refractivity contribution in [2.75, 3.05) is 6.61 Å². The molecule has 0 saturated heterocycles. The van der Waals surface area contributed by atoms with Gasteiger partial charge in [-0.2, -0.15) is 0 Å². The lowest BCUT2D eigenvalue weighted by Crippen LogP contribution is -2.15. The van der Waals surface area contributed by atoms with Crippen molar-refractivity contribution in [2.24, 2.45) is 10.9 Å². The highest BCUT2D eigenvalue weighted by Gasteiger charge is 2.08. The number of halogens is 1. The van der Waals surface area contributed by atoms with Crippen LogP contribution in [0.2, 0.25) is 5.02 Å². The number of hydrogen-bond donors (Lipinski definition) is 2. The summed E-state index contributed by atoms with van der Waals surface area (Å²) in [4.78, 5) is 3.95. The molecule has 0 aliphatic heterocycles. The quantitative estimate of drug-likeness (QED) is 0.273. The summed E-state index contributed by atoms with van der Waals surface area (Å²) < 4.78 is 5.41. The number of unbranched alkanes of at least 4 members (excludes halogenated alkanes) is 1. The number of nitrogens with two attached hydrogens (primary N) is 1. The third kappa shape index (κ3) is 3.27. The smallest absolute Gasteiger partial charge is 0.190 e. The minimum Gasteiger partial charge on any atom is -0.492 e. The summed E-state index contributed by atoms with van der Waals surface area (Å²) in [5, 5.41) is 11.6. The van der Waals surface area contributed by atoms with Crippen molar-refractivity contribution in [1.29, 1.82) is 0 Å². The van der Waals surface area contributed by atoms with Crippen LogP contribution in [0, 0.1) is 0 Å². The Morgan fingerprint density at radius 1 is 1.69 bits per heavy atom. The van der Waals surface area contributed by atoms with Crippen LogP contribution in [-0.4, -0.2) is 22.6 Å². The van der Waals surface area contributed by atoms with Crippen LogP contribution < -0.4 is 10.5 Å². The van der Waals surface area contributed by atoms with Gasteiger partial charge >= 0.3 is 0 Å². The normalized spacial score (nSPS) is 11.5. The van der Waals surface area contributed by atoms with Crippen LogP contribution in [0.25, 0.3) is 0 Å². The summed E-state index contributed by atoms with van der Waals surface area (Å²) >= 11 is 5.90. The van der Waals surface area contributed by atoms with Crippen molar-refractivity contribution in [3.63, 3.8) is 0 Å². The average molecular weight is 244 g/mol. The lowest BCUT2D eigenvalue weighted by atomic mass is 10.3. The molecule has 0 aliphatic rings. The minimum absolute atomic E-state index is 0.120. The van der Waals surface area contributed by atoms with Crippen LogP contribution in [-0.2, 0) is 0 Å². The third-order valence-corrected chi connectivity index (χ3v) is 2.22. The zero-order chi connectivity index (χ0) is 12.0. The van der Waals surface area contributed by atoms with E-state index in [4.69, 9.17) is 27.3 Å². The molecule has 0 radical (unpaired) electrons. The van der Waals surface area contributed by atoms with E-state index in [1.807, 2.05) is 0 Å². The van der Waals surface area contributed by atoms with E-state index in [2.05, 4.69) is 17.1 Å². The Kier molecular flexibility index (Phi) is 4.85. The summed E-state index contributed by atoms with van der Waals surface area (Å²) in [5.41, 5.74) is 5.62. The van der Waals surface area contributed by atoms with Crippen LogP contribution in [0.5, 0.6) is 5.75 Å². The molecule has 0 atom stereocenters. The van der Waals surface area contributed by atoms with Crippen molar-refractivity contribution in [3.05, 3.63) is 23.0 Å². The molecule has 0 spiro atoms. The number of ether oxygens (including phenoxy) is 1. The van der Waals surface area contributed by atoms with Gasteiger partial charge in [-0.25, -0.2) is 4.98 Å². The van der Waals surface area contributed by atoms with Gasteiger partial charge < -0.3 is 15.7 Å². The van der Waals surface area contributed by atoms with E-state index < -0.39 is 0 Å². The maximum absolute atomic E-state index is 8.49. The fraction of sp³-hybridized carbons (Fsp3) is 0.400. The molecule has 1 heterocycles. The fourth-order valence-corrected chi connectivity index (χ4v) is 1.32. The number of pyridine rings is 1. The number of hydrogen-bond acceptors (Lipinski definition) is 4. The van der Waals surface area contributed by atoms with Crippen molar-refractivity contribution >= 4 is 17.4 Å². The zero-order valence-corrected chi connectivity index (χ0v) is 9.74. The third-order valence-electron chi connectivity index (χ3n) is 1.93. The van der Waals surface area contributed by atoms with E-state index in [0.717, 1.165) is 12.8 Å². The van der Waals surface area contributed by atoms with E-state index in [1.54, 1.807) is 6.07 Å². The van der Waals surface area contributed by atoms with Crippen LogP contribution in [0.3, 0.4) is 0 Å². The molecule has 0 aromatic carbocycles. The topological polar surface area (TPSA) is 80.7 Å². The van der Waals surface area contributed by atoms with E-state index in [0.29, 0.717) is 17.4 Å². The molecule has 5 nitrogen and oxygen atoms in total. The predicted molar refractivity (Wildman–Crippen MR) is 62.2 cm³/mol. The second-order valence-corrected chi connectivity index (χ2v) is 3.60. The largest absolute Gasteiger partial charge is 0.492 e. The SMILES string of the molecule is CCCCOc1cnc(/C(N)=N/O)c(Cl)c1. The van der Waals surface area contributed by atoms with Crippen LogP contribution in [0.15, 0.2) is 17.4 Å². The van der Waals surface area contributed by atoms with Gasteiger partial charge in [-0.05, 0) is 6.42 Å². The van der Waals surface area contributed by atoms with Gasteiger partial charge in [0, 0.05) is 6.07 Å². The number of aromatic nitrogens is 1. The lowest BCUT2D eigenvalue weighted by molar-refractivity contribution is 0.308. The Labute approximate surface area is 98.9 Å². The highest BCUT2D eigenvalue weighted by Crippen LogP contribution is 2.20. The Balaban J connectivity index is 2.75. The lowest BCUT2D eigenvalue weighted by Gasteiger charge is -2.06. The van der Waals surface area contributed by atoms with Gasteiger partial charge in [0.25, 0.3) is 0 Å². The minimum atomic E-state index is -0.120. The van der Waals surface area contributed by atoms with Gasteiger partial charge in [-0.1, -0.05) is 30.1 Å². The molecule has 1 aromatic heterocycles. The first-order valence-electron chi connectivity index (χ1n) is 4.95. The van der Waals surface area contributed by atoms with Gasteiger partial charge in [0.1, 0.15) is 11.4 Å². The Hall–Kier alpha value is -1.49. The first-order chi connectivity index (χ1) is 7.69. The molecule has 0 amide bonds. The van der Waals surface area contributed by atoms with Crippen molar-refractivity contribution < 1.29 is 9.94 Å². The number of amidine groups is 1. The van der Waals surface area contributed by atoms with Gasteiger partial charge in [0.05, 0.1) is 17.8 Å². The van der Waals surface area contributed by atoms with Crippen LogP contribution in [0.1, 0.15) is 25.5 Å². The molecule has 0 bridgehead atoms. The molecule has 0 aliphatic carbocycles. The molecule has 0 saturated carbocycles. The zero-order valence-electron chi connectivity index (χ0n) is 8.98. The van der Waals surface area contributed by atoms with Gasteiger partial charge in [-0.3, -0.25) is 0 Å². The van der Waals surface area contributed by atoms with E-state index >= 15 is 0 Å². The second kappa shape index (κ2) is 6.17. The van der Waals surface area contributed by atoms with Crippen LogP contribution in [0.4, 0.5) is 0 Å². The van der Waals surface area contributed by atoms with Crippen molar-refractivity contribution in [1.82, 2.24) is 4.98 Å². The van der Waals surface area contributed by atoms with Crippen molar-refractivity contribution in [3.8, 4) is 5.75 Å². The molecule has 16 heavy (non-hydrogen) atoms. The summed E-state index contributed by atoms with van der Waals surface area (Å²) in [5.74, 6) is 0.457. The maximum Gasteiger partial charge on any atom is 0.190 e. The number of nitrogens with zero attached hydrogens (tertiary/aromatic N) is 2. The van der Waals surface area contributed by atoms with Gasteiger partial charge in [0.15, 0.2) is 5.84 Å². The first-order valence-corrected chi connectivity index (χ1v) is 5.33. The highest BCUT2D eigenvalue weighted by molar-refractivity contribution is 6.33. The standard InChI is InChI=1S/C10H14ClN3O2/c1-2-3-4-16-7-5-8(11)9(13-6-7)10(12)14-15/h5-6,15H,2-4H2,1H3,(H2,12,14). The molecule has 1 rings (SSSR count). The molecule has 0 unspecified atom stereocenters. The predicted octanol–water partition coefficient (Wildman–Crippen LogP) is 2.01. The monoisotopic (exact) mass is 243 g/mol. The van der Waals surface area contributed by atoms with Gasteiger partial charge in [-0.15, -0.1) is 0 Å². The van der Waals surface area contributed by atoms with Gasteiger partial charge in [0.2, 0.25) is 0 Å². The van der Waals surface area contributed by atoms with Crippen molar-refractivity contribution in [2.45, 2.75) is 19.8 Å². The molecule has 88 valence electrons. The fourth-order valence-electron chi connectivity index (χ4n) is 1.07. The molecular weight excluding hydrogens is 230 g/mol. The molecule has 3 N–H and O–H groups in total. The second-order valence-electron chi connectivity index (χ2n) is 3.19. The van der Waals surface area contributed by atoms with Crippen LogP contribution >= 0.6 is 11.6 Å².